The average Bonchev–Trinajstić information content (AvgIpc) is 2.91. The molecule has 2 aromatic carbocycles. The van der Waals surface area contributed by atoms with Gasteiger partial charge in [0.1, 0.15) is 6.10 Å². The number of aromatic nitrogens is 1. The maximum absolute atomic E-state index is 10.2. The van der Waals surface area contributed by atoms with Gasteiger partial charge in [-0.3, -0.25) is 0 Å². The predicted octanol–water partition coefficient (Wildman–Crippen LogP) is 3.25. The number of aliphatic hydroxyl groups excluding tert-OH is 1. The molecule has 2 nitrogen and oxygen atoms in total. The van der Waals surface area contributed by atoms with Crippen molar-refractivity contribution in [3.63, 3.8) is 0 Å². The summed E-state index contributed by atoms with van der Waals surface area (Å²) in [7, 11) is 0. The molecule has 0 amide bonds. The lowest BCUT2D eigenvalue weighted by Gasteiger charge is -2.10. The molecule has 17 heavy (non-hydrogen) atoms. The van der Waals surface area contributed by atoms with Gasteiger partial charge in [-0.1, -0.05) is 36.4 Å². The first kappa shape index (κ1) is 10.1. The molecule has 1 unspecified atom stereocenters. The summed E-state index contributed by atoms with van der Waals surface area (Å²) >= 11 is 0. The summed E-state index contributed by atoms with van der Waals surface area (Å²) in [5.41, 5.74) is 1.81. The number of aromatic amines is 1. The van der Waals surface area contributed by atoms with Crippen molar-refractivity contribution in [1.82, 2.24) is 4.98 Å². The van der Waals surface area contributed by atoms with E-state index in [-0.39, 0.29) is 0 Å². The first-order valence-corrected chi connectivity index (χ1v) is 5.64. The Kier molecular flexibility index (Phi) is 2.42. The van der Waals surface area contributed by atoms with Gasteiger partial charge in [-0.05, 0) is 28.5 Å². The van der Waals surface area contributed by atoms with E-state index in [0.29, 0.717) is 0 Å². The normalized spacial score (nSPS) is 12.8. The molecule has 2 N–H and O–H groups in total. The number of aliphatic hydroxyl groups is 1. The van der Waals surface area contributed by atoms with Gasteiger partial charge in [-0.2, -0.15) is 0 Å². The van der Waals surface area contributed by atoms with Crippen molar-refractivity contribution < 1.29 is 5.11 Å². The van der Waals surface area contributed by atoms with Crippen LogP contribution in [0.25, 0.3) is 10.8 Å². The lowest BCUT2D eigenvalue weighted by atomic mass is 10.0. The number of H-pyrrole nitrogens is 1. The second-order valence-corrected chi connectivity index (χ2v) is 4.15. The molecular formula is C15H13NO. The van der Waals surface area contributed by atoms with E-state index in [9.17, 15) is 5.11 Å². The summed E-state index contributed by atoms with van der Waals surface area (Å²) in [6, 6.07) is 16.1. The van der Waals surface area contributed by atoms with Crippen molar-refractivity contribution >= 4 is 10.8 Å². The van der Waals surface area contributed by atoms with Crippen LogP contribution in [0.3, 0.4) is 0 Å². The standard InChI is InChI=1S/C15H13NO/c17-15(14-7-8-16-10-14)13-6-5-11-3-1-2-4-12(11)9-13/h1-10,15-17H. The van der Waals surface area contributed by atoms with Crippen molar-refractivity contribution in [2.24, 2.45) is 0 Å². The molecule has 1 aromatic heterocycles. The maximum Gasteiger partial charge on any atom is 0.106 e. The van der Waals surface area contributed by atoms with E-state index in [0.717, 1.165) is 16.5 Å². The van der Waals surface area contributed by atoms with Crippen LogP contribution in [0.15, 0.2) is 60.9 Å². The Bertz CT molecular complexity index is 628. The number of fused-ring (bicyclic) bond motifs is 1. The molecule has 0 radical (unpaired) electrons. The predicted molar refractivity (Wildman–Crippen MR) is 68.8 cm³/mol. The Balaban J connectivity index is 2.06. The summed E-state index contributed by atoms with van der Waals surface area (Å²) in [5, 5.41) is 12.6. The van der Waals surface area contributed by atoms with Crippen molar-refractivity contribution in [2.75, 3.05) is 0 Å². The fourth-order valence-electron chi connectivity index (χ4n) is 2.08. The molecule has 0 saturated carbocycles. The van der Waals surface area contributed by atoms with E-state index in [1.165, 1.54) is 5.39 Å². The lowest BCUT2D eigenvalue weighted by Crippen LogP contribution is -1.97. The molecule has 3 aromatic rings. The van der Waals surface area contributed by atoms with Gasteiger partial charge in [0, 0.05) is 18.0 Å². The quantitative estimate of drug-likeness (QED) is 0.687. The number of benzene rings is 2. The van der Waals surface area contributed by atoms with E-state index in [1.807, 2.05) is 48.8 Å². The highest BCUT2D eigenvalue weighted by Gasteiger charge is 2.10. The molecule has 0 spiro atoms. The van der Waals surface area contributed by atoms with E-state index in [2.05, 4.69) is 17.1 Å². The van der Waals surface area contributed by atoms with Gasteiger partial charge >= 0.3 is 0 Å². The molecule has 0 bridgehead atoms. The van der Waals surface area contributed by atoms with Crippen LogP contribution in [0.5, 0.6) is 0 Å². The largest absolute Gasteiger partial charge is 0.384 e. The molecule has 2 heteroatoms. The van der Waals surface area contributed by atoms with E-state index in [1.54, 1.807) is 0 Å². The third-order valence-corrected chi connectivity index (χ3v) is 3.03. The molecular weight excluding hydrogens is 210 g/mol. The van der Waals surface area contributed by atoms with Crippen LogP contribution in [0, 0.1) is 0 Å². The highest BCUT2D eigenvalue weighted by molar-refractivity contribution is 5.83. The van der Waals surface area contributed by atoms with Gasteiger partial charge in [0.25, 0.3) is 0 Å². The van der Waals surface area contributed by atoms with Gasteiger partial charge in [0.2, 0.25) is 0 Å². The number of rotatable bonds is 2. The summed E-state index contributed by atoms with van der Waals surface area (Å²) in [6.45, 7) is 0. The van der Waals surface area contributed by atoms with Gasteiger partial charge in [-0.25, -0.2) is 0 Å². The highest BCUT2D eigenvalue weighted by Crippen LogP contribution is 2.24. The fraction of sp³-hybridized carbons (Fsp3) is 0.0667. The van der Waals surface area contributed by atoms with Crippen LogP contribution in [0.4, 0.5) is 0 Å². The second kappa shape index (κ2) is 4.07. The summed E-state index contributed by atoms with van der Waals surface area (Å²) in [5.74, 6) is 0. The van der Waals surface area contributed by atoms with E-state index in [4.69, 9.17) is 0 Å². The van der Waals surface area contributed by atoms with Crippen molar-refractivity contribution in [3.05, 3.63) is 72.1 Å². The lowest BCUT2D eigenvalue weighted by molar-refractivity contribution is 0.220. The zero-order chi connectivity index (χ0) is 11.7. The zero-order valence-corrected chi connectivity index (χ0v) is 9.30. The first-order valence-electron chi connectivity index (χ1n) is 5.64. The SMILES string of the molecule is OC(c1cc[nH]c1)c1ccc2ccccc2c1. The minimum absolute atomic E-state index is 0.564. The van der Waals surface area contributed by atoms with Crippen LogP contribution in [-0.4, -0.2) is 10.1 Å². The molecule has 1 atom stereocenters. The number of hydrogen-bond acceptors (Lipinski definition) is 1. The molecule has 0 saturated heterocycles. The smallest absolute Gasteiger partial charge is 0.106 e. The molecule has 1 heterocycles. The van der Waals surface area contributed by atoms with Gasteiger partial charge in [-0.15, -0.1) is 0 Å². The van der Waals surface area contributed by atoms with Crippen LogP contribution in [0.1, 0.15) is 17.2 Å². The highest BCUT2D eigenvalue weighted by atomic mass is 16.3. The fourth-order valence-corrected chi connectivity index (χ4v) is 2.08. The topological polar surface area (TPSA) is 36.0 Å². The Labute approximate surface area is 99.5 Å². The average molecular weight is 223 g/mol. The summed E-state index contributed by atoms with van der Waals surface area (Å²) in [6.07, 6.45) is 3.07. The molecule has 0 aliphatic rings. The van der Waals surface area contributed by atoms with Crippen LogP contribution < -0.4 is 0 Å². The Morgan fingerprint density at radius 2 is 1.71 bits per heavy atom. The van der Waals surface area contributed by atoms with Crippen LogP contribution >= 0.6 is 0 Å². The first-order chi connectivity index (χ1) is 8.34. The summed E-state index contributed by atoms with van der Waals surface area (Å²) < 4.78 is 0. The Hall–Kier alpha value is -2.06. The van der Waals surface area contributed by atoms with Gasteiger partial charge in [0.05, 0.1) is 0 Å². The third-order valence-electron chi connectivity index (χ3n) is 3.03. The Morgan fingerprint density at radius 1 is 0.882 bits per heavy atom. The Morgan fingerprint density at radius 3 is 2.47 bits per heavy atom. The zero-order valence-electron chi connectivity index (χ0n) is 9.30. The maximum atomic E-state index is 10.2. The molecule has 84 valence electrons. The summed E-state index contributed by atoms with van der Waals surface area (Å²) in [4.78, 5) is 2.96. The second-order valence-electron chi connectivity index (χ2n) is 4.15. The van der Waals surface area contributed by atoms with Crippen molar-refractivity contribution in [3.8, 4) is 0 Å². The number of hydrogen-bond donors (Lipinski definition) is 2. The minimum atomic E-state index is -0.564. The number of nitrogens with one attached hydrogen (secondary N) is 1. The van der Waals surface area contributed by atoms with Crippen LogP contribution in [-0.2, 0) is 0 Å². The molecule has 0 aliphatic carbocycles. The van der Waals surface area contributed by atoms with Gasteiger partial charge < -0.3 is 10.1 Å². The van der Waals surface area contributed by atoms with Crippen molar-refractivity contribution in [1.29, 1.82) is 0 Å². The van der Waals surface area contributed by atoms with E-state index >= 15 is 0 Å². The minimum Gasteiger partial charge on any atom is -0.384 e. The molecule has 0 fully saturated rings. The third kappa shape index (κ3) is 1.83. The monoisotopic (exact) mass is 223 g/mol. The van der Waals surface area contributed by atoms with Crippen molar-refractivity contribution in [2.45, 2.75) is 6.10 Å². The van der Waals surface area contributed by atoms with E-state index < -0.39 is 6.10 Å². The van der Waals surface area contributed by atoms with Crippen LogP contribution in [0.2, 0.25) is 0 Å². The molecule has 0 aliphatic heterocycles. The molecule has 3 rings (SSSR count). The van der Waals surface area contributed by atoms with Gasteiger partial charge in [0.15, 0.2) is 0 Å².